The van der Waals surface area contributed by atoms with E-state index >= 15 is 0 Å². The topological polar surface area (TPSA) is 17.0 Å². The Labute approximate surface area is 121 Å². The predicted molar refractivity (Wildman–Crippen MR) is 81.2 cm³/mol. The normalized spacial score (nSPS) is 10.6. The third-order valence-electron chi connectivity index (χ3n) is 2.78. The lowest BCUT2D eigenvalue weighted by Crippen LogP contribution is -2.07. The van der Waals surface area contributed by atoms with Crippen LogP contribution in [0.3, 0.4) is 0 Å². The largest absolute Gasteiger partial charge is 0.378 e. The van der Waals surface area contributed by atoms with Gasteiger partial charge in [-0.15, -0.1) is 0 Å². The number of benzene rings is 1. The molecule has 0 radical (unpaired) electrons. The zero-order valence-corrected chi connectivity index (χ0v) is 12.6. The monoisotopic (exact) mass is 326 g/mol. The van der Waals surface area contributed by atoms with Crippen LogP contribution in [-0.2, 0) is 13.1 Å². The fraction of sp³-hybridized carbons (Fsp3) is 0.286. The van der Waals surface area contributed by atoms with Crippen molar-refractivity contribution >= 4 is 33.2 Å². The van der Waals surface area contributed by atoms with Crippen LogP contribution in [0.1, 0.15) is 19.0 Å². The molecule has 0 saturated carbocycles. The van der Waals surface area contributed by atoms with Crippen LogP contribution in [0.2, 0.25) is 5.02 Å². The number of hydrogen-bond donors (Lipinski definition) is 1. The molecule has 1 N–H and O–H groups in total. The zero-order valence-electron chi connectivity index (χ0n) is 10.3. The molecule has 0 aliphatic rings. The Morgan fingerprint density at radius 3 is 2.89 bits per heavy atom. The highest BCUT2D eigenvalue weighted by Gasteiger charge is 2.03. The molecule has 4 heteroatoms. The van der Waals surface area contributed by atoms with Crippen molar-refractivity contribution in [3.8, 4) is 0 Å². The minimum absolute atomic E-state index is 0.734. The highest BCUT2D eigenvalue weighted by atomic mass is 79.9. The molecule has 2 nitrogen and oxygen atoms in total. The molecule has 0 aliphatic carbocycles. The summed E-state index contributed by atoms with van der Waals surface area (Å²) in [5, 5.41) is 4.10. The predicted octanol–water partition coefficient (Wildman–Crippen LogP) is 4.93. The van der Waals surface area contributed by atoms with Gasteiger partial charge < -0.3 is 9.88 Å². The van der Waals surface area contributed by atoms with Crippen molar-refractivity contribution in [1.29, 1.82) is 0 Å². The first kappa shape index (κ1) is 13.5. The summed E-state index contributed by atoms with van der Waals surface area (Å²) in [5.41, 5.74) is 2.24. The summed E-state index contributed by atoms with van der Waals surface area (Å²) in [4.78, 5) is 0. The molecule has 2 rings (SSSR count). The number of halogens is 2. The Morgan fingerprint density at radius 2 is 2.17 bits per heavy atom. The van der Waals surface area contributed by atoms with Gasteiger partial charge in [0.1, 0.15) is 0 Å². The maximum atomic E-state index is 6.17. The zero-order chi connectivity index (χ0) is 13.0. The van der Waals surface area contributed by atoms with E-state index in [9.17, 15) is 0 Å². The van der Waals surface area contributed by atoms with Crippen molar-refractivity contribution in [3.63, 3.8) is 0 Å². The minimum Gasteiger partial charge on any atom is -0.378 e. The third-order valence-corrected chi connectivity index (χ3v) is 3.59. The van der Waals surface area contributed by atoms with Crippen LogP contribution in [0, 0.1) is 0 Å². The van der Waals surface area contributed by atoms with Gasteiger partial charge in [0.2, 0.25) is 0 Å². The smallest absolute Gasteiger partial charge is 0.0648 e. The van der Waals surface area contributed by atoms with E-state index in [1.54, 1.807) is 0 Å². The number of aryl methyl sites for hydroxylation is 1. The first-order valence-electron chi connectivity index (χ1n) is 6.03. The highest BCUT2D eigenvalue weighted by Crippen LogP contribution is 2.26. The number of nitrogens with one attached hydrogen (secondary N) is 1. The summed E-state index contributed by atoms with van der Waals surface area (Å²) in [6.45, 7) is 4.02. The van der Waals surface area contributed by atoms with Gasteiger partial charge in [-0.05, 0) is 36.8 Å². The molecule has 2 aromatic rings. The molecular formula is C14H16BrClN2. The molecule has 0 saturated heterocycles. The molecule has 0 aliphatic heterocycles. The van der Waals surface area contributed by atoms with E-state index in [1.807, 2.05) is 18.2 Å². The van der Waals surface area contributed by atoms with Gasteiger partial charge in [0.25, 0.3) is 0 Å². The molecule has 0 spiro atoms. The van der Waals surface area contributed by atoms with Crippen LogP contribution >= 0.6 is 27.5 Å². The fourth-order valence-corrected chi connectivity index (χ4v) is 2.63. The fourth-order valence-electron chi connectivity index (χ4n) is 1.89. The number of hydrogen-bond acceptors (Lipinski definition) is 1. The second-order valence-corrected chi connectivity index (χ2v) is 5.49. The third kappa shape index (κ3) is 3.30. The summed E-state index contributed by atoms with van der Waals surface area (Å²) in [6, 6.07) is 10.1. The molecule has 1 aromatic heterocycles. The van der Waals surface area contributed by atoms with Crippen molar-refractivity contribution in [1.82, 2.24) is 4.57 Å². The summed E-state index contributed by atoms with van der Waals surface area (Å²) in [6.07, 6.45) is 3.25. The summed E-state index contributed by atoms with van der Waals surface area (Å²) in [7, 11) is 0. The van der Waals surface area contributed by atoms with Crippen LogP contribution in [-0.4, -0.2) is 4.57 Å². The van der Waals surface area contributed by atoms with Crippen molar-refractivity contribution < 1.29 is 0 Å². The molecule has 1 aromatic carbocycles. The Morgan fingerprint density at radius 1 is 1.33 bits per heavy atom. The molecule has 0 atom stereocenters. The maximum absolute atomic E-state index is 6.17. The van der Waals surface area contributed by atoms with Gasteiger partial charge in [-0.2, -0.15) is 0 Å². The van der Waals surface area contributed by atoms with Crippen molar-refractivity contribution in [2.45, 2.75) is 26.4 Å². The van der Waals surface area contributed by atoms with Gasteiger partial charge in [-0.3, -0.25) is 0 Å². The minimum atomic E-state index is 0.734. The number of nitrogens with zero attached hydrogens (tertiary/aromatic N) is 1. The molecule has 0 fully saturated rings. The molecule has 0 bridgehead atoms. The van der Waals surface area contributed by atoms with E-state index in [1.165, 1.54) is 5.69 Å². The molecule has 96 valence electrons. The molecule has 0 amide bonds. The first-order valence-corrected chi connectivity index (χ1v) is 7.20. The van der Waals surface area contributed by atoms with Gasteiger partial charge in [-0.1, -0.05) is 34.5 Å². The van der Waals surface area contributed by atoms with Gasteiger partial charge in [0, 0.05) is 22.9 Å². The Kier molecular flexibility index (Phi) is 4.72. The van der Waals surface area contributed by atoms with Crippen LogP contribution in [0.5, 0.6) is 0 Å². The lowest BCUT2D eigenvalue weighted by Gasteiger charge is -2.11. The van der Waals surface area contributed by atoms with E-state index in [0.717, 1.165) is 34.7 Å². The van der Waals surface area contributed by atoms with Gasteiger partial charge in [0.05, 0.1) is 17.3 Å². The van der Waals surface area contributed by atoms with Gasteiger partial charge >= 0.3 is 0 Å². The molecule has 0 unspecified atom stereocenters. The average Bonchev–Trinajstić information content (AvgIpc) is 2.76. The van der Waals surface area contributed by atoms with E-state index in [4.69, 9.17) is 11.6 Å². The Bertz CT molecular complexity index is 522. The molecule has 18 heavy (non-hydrogen) atoms. The lowest BCUT2D eigenvalue weighted by atomic mass is 10.3. The Hall–Kier alpha value is -0.930. The van der Waals surface area contributed by atoms with E-state index in [-0.39, 0.29) is 0 Å². The average molecular weight is 328 g/mol. The van der Waals surface area contributed by atoms with Crippen LogP contribution in [0.15, 0.2) is 41.0 Å². The molecule has 1 heterocycles. The Balaban J connectivity index is 2.04. The van der Waals surface area contributed by atoms with Crippen LogP contribution in [0.4, 0.5) is 5.69 Å². The van der Waals surface area contributed by atoms with Crippen LogP contribution in [0.25, 0.3) is 0 Å². The van der Waals surface area contributed by atoms with E-state index in [0.29, 0.717) is 0 Å². The van der Waals surface area contributed by atoms with Gasteiger partial charge in [-0.25, -0.2) is 0 Å². The van der Waals surface area contributed by atoms with E-state index < -0.39 is 0 Å². The summed E-state index contributed by atoms with van der Waals surface area (Å²) in [5.74, 6) is 0. The highest BCUT2D eigenvalue weighted by molar-refractivity contribution is 9.10. The number of rotatable bonds is 5. The van der Waals surface area contributed by atoms with Crippen LogP contribution < -0.4 is 5.32 Å². The lowest BCUT2D eigenvalue weighted by molar-refractivity contribution is 0.654. The maximum Gasteiger partial charge on any atom is 0.0648 e. The summed E-state index contributed by atoms with van der Waals surface area (Å²) >= 11 is 9.57. The van der Waals surface area contributed by atoms with Crippen molar-refractivity contribution in [2.24, 2.45) is 0 Å². The standard InChI is InChI=1S/C14H16BrClN2/c1-2-7-18-8-3-4-12(18)10-17-14-6-5-11(15)9-13(14)16/h3-6,8-9,17H,2,7,10H2,1H3. The second-order valence-electron chi connectivity index (χ2n) is 4.17. The van der Waals surface area contributed by atoms with Gasteiger partial charge in [0.15, 0.2) is 0 Å². The second kappa shape index (κ2) is 6.30. The quantitative estimate of drug-likeness (QED) is 0.824. The summed E-state index contributed by atoms with van der Waals surface area (Å²) < 4.78 is 3.26. The van der Waals surface area contributed by atoms with Crippen molar-refractivity contribution in [2.75, 3.05) is 5.32 Å². The first-order chi connectivity index (χ1) is 8.70. The number of aromatic nitrogens is 1. The SMILES string of the molecule is CCCn1cccc1CNc1ccc(Br)cc1Cl. The molecular weight excluding hydrogens is 312 g/mol. The van der Waals surface area contributed by atoms with E-state index in [2.05, 4.69) is 51.1 Å². The number of anilines is 1. The van der Waals surface area contributed by atoms with Crippen molar-refractivity contribution in [3.05, 3.63) is 51.7 Å².